The van der Waals surface area contributed by atoms with Gasteiger partial charge in [-0.05, 0) is 44.1 Å². The highest BCUT2D eigenvalue weighted by molar-refractivity contribution is 5.87. The molecular formula is C12H17NO3. The van der Waals surface area contributed by atoms with Crippen LogP contribution in [0.5, 0.6) is 5.75 Å². The van der Waals surface area contributed by atoms with Gasteiger partial charge < -0.3 is 15.5 Å². The maximum atomic E-state index is 10.2. The summed E-state index contributed by atoms with van der Waals surface area (Å²) in [5.74, 6) is -1.06. The van der Waals surface area contributed by atoms with Gasteiger partial charge in [0.1, 0.15) is 5.75 Å². The van der Waals surface area contributed by atoms with Gasteiger partial charge in [0, 0.05) is 0 Å². The Morgan fingerprint density at radius 1 is 1.19 bits per heavy atom. The van der Waals surface area contributed by atoms with Crippen molar-refractivity contribution >= 4 is 5.97 Å². The molecule has 1 aliphatic rings. The summed E-state index contributed by atoms with van der Waals surface area (Å²) in [5.41, 5.74) is 0.0972. The molecule has 0 aromatic heterocycles. The molecule has 1 aliphatic heterocycles. The predicted octanol–water partition coefficient (Wildman–Crippen LogP) is 1.85. The second kappa shape index (κ2) is 6.85. The Kier molecular flexibility index (Phi) is 5.36. The largest absolute Gasteiger partial charge is 0.508 e. The second-order valence-electron chi connectivity index (χ2n) is 3.67. The zero-order chi connectivity index (χ0) is 11.8. The van der Waals surface area contributed by atoms with E-state index in [2.05, 4.69) is 5.32 Å². The van der Waals surface area contributed by atoms with Crippen LogP contribution in [-0.4, -0.2) is 29.3 Å². The number of rotatable bonds is 1. The van der Waals surface area contributed by atoms with Gasteiger partial charge in [-0.3, -0.25) is 0 Å². The summed E-state index contributed by atoms with van der Waals surface area (Å²) in [5, 5.41) is 20.5. The minimum absolute atomic E-state index is 0.0279. The SMILES string of the molecule is C1CCNCC1.O=C(O)c1cccc(O)c1. The lowest BCUT2D eigenvalue weighted by Gasteiger charge is -2.08. The van der Waals surface area contributed by atoms with Crippen molar-refractivity contribution in [3.8, 4) is 5.75 Å². The van der Waals surface area contributed by atoms with Crippen molar-refractivity contribution in [2.24, 2.45) is 0 Å². The molecular weight excluding hydrogens is 206 g/mol. The van der Waals surface area contributed by atoms with Crippen LogP contribution >= 0.6 is 0 Å². The lowest BCUT2D eigenvalue weighted by molar-refractivity contribution is 0.0696. The fourth-order valence-corrected chi connectivity index (χ4v) is 1.44. The summed E-state index contributed by atoms with van der Waals surface area (Å²) in [6.45, 7) is 2.50. The molecule has 1 fully saturated rings. The number of phenolic OH excluding ortho intramolecular Hbond substituents is 1. The monoisotopic (exact) mass is 223 g/mol. The van der Waals surface area contributed by atoms with E-state index in [9.17, 15) is 4.79 Å². The average molecular weight is 223 g/mol. The van der Waals surface area contributed by atoms with Crippen molar-refractivity contribution in [3.63, 3.8) is 0 Å². The first-order valence-electron chi connectivity index (χ1n) is 5.43. The van der Waals surface area contributed by atoms with Crippen LogP contribution in [0.2, 0.25) is 0 Å². The molecule has 0 saturated carbocycles. The van der Waals surface area contributed by atoms with E-state index in [-0.39, 0.29) is 11.3 Å². The standard InChI is InChI=1S/C7H6O3.C5H11N/c8-6-3-1-2-5(4-6)7(9)10;1-2-4-6-5-3-1/h1-4,8H,(H,9,10);6H,1-5H2. The van der Waals surface area contributed by atoms with Gasteiger partial charge in [-0.1, -0.05) is 12.5 Å². The van der Waals surface area contributed by atoms with Crippen LogP contribution in [0.3, 0.4) is 0 Å². The lowest BCUT2D eigenvalue weighted by Crippen LogP contribution is -2.21. The third kappa shape index (κ3) is 4.79. The lowest BCUT2D eigenvalue weighted by atomic mass is 10.2. The first kappa shape index (κ1) is 12.5. The van der Waals surface area contributed by atoms with Gasteiger partial charge in [-0.15, -0.1) is 0 Å². The van der Waals surface area contributed by atoms with Gasteiger partial charge >= 0.3 is 5.97 Å². The summed E-state index contributed by atoms with van der Waals surface area (Å²) in [6, 6.07) is 5.52. The molecule has 1 aromatic rings. The van der Waals surface area contributed by atoms with Gasteiger partial charge in [-0.2, -0.15) is 0 Å². The van der Waals surface area contributed by atoms with Crippen molar-refractivity contribution in [1.29, 1.82) is 0 Å². The molecule has 0 bridgehead atoms. The fraction of sp³-hybridized carbons (Fsp3) is 0.417. The van der Waals surface area contributed by atoms with Crippen LogP contribution in [0.1, 0.15) is 29.6 Å². The molecule has 0 aliphatic carbocycles. The van der Waals surface area contributed by atoms with Crippen LogP contribution in [0.4, 0.5) is 0 Å². The fourth-order valence-electron chi connectivity index (χ4n) is 1.44. The number of phenols is 1. The molecule has 0 spiro atoms. The smallest absolute Gasteiger partial charge is 0.335 e. The Morgan fingerprint density at radius 3 is 2.19 bits per heavy atom. The van der Waals surface area contributed by atoms with E-state index >= 15 is 0 Å². The van der Waals surface area contributed by atoms with Crippen molar-refractivity contribution in [1.82, 2.24) is 5.32 Å². The molecule has 1 saturated heterocycles. The summed E-state index contributed by atoms with van der Waals surface area (Å²) in [4.78, 5) is 10.2. The quantitative estimate of drug-likeness (QED) is 0.679. The van der Waals surface area contributed by atoms with Crippen LogP contribution in [0.15, 0.2) is 24.3 Å². The summed E-state index contributed by atoms with van der Waals surface area (Å²) >= 11 is 0. The van der Waals surface area contributed by atoms with E-state index in [1.165, 1.54) is 56.6 Å². The van der Waals surface area contributed by atoms with E-state index in [1.54, 1.807) is 0 Å². The normalized spacial score (nSPS) is 14.8. The zero-order valence-electron chi connectivity index (χ0n) is 9.15. The maximum absolute atomic E-state index is 10.2. The summed E-state index contributed by atoms with van der Waals surface area (Å²) < 4.78 is 0. The van der Waals surface area contributed by atoms with E-state index in [1.807, 2.05) is 0 Å². The van der Waals surface area contributed by atoms with Crippen LogP contribution in [-0.2, 0) is 0 Å². The van der Waals surface area contributed by atoms with Gasteiger partial charge in [-0.25, -0.2) is 4.79 Å². The van der Waals surface area contributed by atoms with Crippen LogP contribution in [0.25, 0.3) is 0 Å². The number of hydrogen-bond donors (Lipinski definition) is 3. The molecule has 0 unspecified atom stereocenters. The second-order valence-corrected chi connectivity index (χ2v) is 3.67. The Morgan fingerprint density at radius 2 is 1.88 bits per heavy atom. The molecule has 1 aromatic carbocycles. The molecule has 0 atom stereocenters. The van der Waals surface area contributed by atoms with Gasteiger partial charge in [0.15, 0.2) is 0 Å². The first-order chi connectivity index (χ1) is 7.70. The molecule has 1 heterocycles. The molecule has 16 heavy (non-hydrogen) atoms. The Bertz CT molecular complexity index is 323. The Balaban J connectivity index is 0.000000181. The Labute approximate surface area is 94.9 Å². The van der Waals surface area contributed by atoms with Crippen LogP contribution < -0.4 is 5.32 Å². The van der Waals surface area contributed by atoms with Crippen LogP contribution in [0, 0.1) is 0 Å². The van der Waals surface area contributed by atoms with Gasteiger partial charge in [0.25, 0.3) is 0 Å². The summed E-state index contributed by atoms with van der Waals surface area (Å²) in [6.07, 6.45) is 4.22. The zero-order valence-corrected chi connectivity index (χ0v) is 9.15. The molecule has 2 rings (SSSR count). The molecule has 4 nitrogen and oxygen atoms in total. The molecule has 3 N–H and O–H groups in total. The molecule has 88 valence electrons. The number of nitrogens with one attached hydrogen (secondary N) is 1. The topological polar surface area (TPSA) is 69.6 Å². The maximum Gasteiger partial charge on any atom is 0.335 e. The van der Waals surface area contributed by atoms with Gasteiger partial charge in [0.05, 0.1) is 5.56 Å². The minimum atomic E-state index is -1.03. The van der Waals surface area contributed by atoms with E-state index in [0.29, 0.717) is 0 Å². The number of piperidine rings is 1. The third-order valence-electron chi connectivity index (χ3n) is 2.30. The average Bonchev–Trinajstić information content (AvgIpc) is 2.32. The first-order valence-corrected chi connectivity index (χ1v) is 5.43. The minimum Gasteiger partial charge on any atom is -0.508 e. The number of carboxylic acids is 1. The number of aromatic hydroxyl groups is 1. The van der Waals surface area contributed by atoms with E-state index in [4.69, 9.17) is 10.2 Å². The summed E-state index contributed by atoms with van der Waals surface area (Å²) in [7, 11) is 0. The van der Waals surface area contributed by atoms with E-state index < -0.39 is 5.97 Å². The number of hydrogen-bond acceptors (Lipinski definition) is 3. The number of carbonyl (C=O) groups is 1. The molecule has 4 heteroatoms. The highest BCUT2D eigenvalue weighted by atomic mass is 16.4. The van der Waals surface area contributed by atoms with Crippen molar-refractivity contribution < 1.29 is 15.0 Å². The molecule has 0 amide bonds. The van der Waals surface area contributed by atoms with Crippen molar-refractivity contribution in [2.45, 2.75) is 19.3 Å². The number of carboxylic acid groups (broad SMARTS) is 1. The number of benzene rings is 1. The molecule has 0 radical (unpaired) electrons. The Hall–Kier alpha value is -1.55. The van der Waals surface area contributed by atoms with Gasteiger partial charge in [0.2, 0.25) is 0 Å². The van der Waals surface area contributed by atoms with E-state index in [0.717, 1.165) is 0 Å². The van der Waals surface area contributed by atoms with Crippen molar-refractivity contribution in [3.05, 3.63) is 29.8 Å². The highest BCUT2D eigenvalue weighted by Gasteiger charge is 2.00. The highest BCUT2D eigenvalue weighted by Crippen LogP contribution is 2.09. The number of aromatic carboxylic acids is 1. The third-order valence-corrected chi connectivity index (χ3v) is 2.30. The predicted molar refractivity (Wildman–Crippen MR) is 61.8 cm³/mol. The van der Waals surface area contributed by atoms with Crippen molar-refractivity contribution in [2.75, 3.05) is 13.1 Å².